The van der Waals surface area contributed by atoms with E-state index in [0.29, 0.717) is 0 Å². The third-order valence-corrected chi connectivity index (χ3v) is 7.77. The van der Waals surface area contributed by atoms with Gasteiger partial charge in [-0.05, 0) is 68.8 Å². The Kier molecular flexibility index (Phi) is 9.06. The molecule has 16 heteroatoms. The zero-order valence-electron chi connectivity index (χ0n) is 23.3. The maximum absolute atomic E-state index is 13.7. The summed E-state index contributed by atoms with van der Waals surface area (Å²) in [5, 5.41) is 18.2. The monoisotopic (exact) mass is 635 g/mol. The molecule has 0 aliphatic rings. The molecule has 1 heterocycles. The maximum Gasteiger partial charge on any atom is 0.416 e. The van der Waals surface area contributed by atoms with Crippen LogP contribution in [0.25, 0.3) is 5.69 Å². The maximum atomic E-state index is 13.7. The van der Waals surface area contributed by atoms with Crippen LogP contribution in [0, 0.1) is 22.9 Å². The number of amides is 1. The zero-order valence-corrected chi connectivity index (χ0v) is 24.2. The quantitative estimate of drug-likeness (QED) is 0.130. The number of ether oxygens (including phenoxy) is 1. The Morgan fingerprint density at radius 2 is 1.77 bits per heavy atom. The Morgan fingerprint density at radius 3 is 2.39 bits per heavy atom. The summed E-state index contributed by atoms with van der Waals surface area (Å²) < 4.78 is 88.6. The van der Waals surface area contributed by atoms with E-state index in [1.807, 2.05) is 0 Å². The number of hydrogen-bond acceptors (Lipinski definition) is 7. The van der Waals surface area contributed by atoms with E-state index in [4.69, 9.17) is 4.74 Å². The first-order chi connectivity index (χ1) is 20.6. The highest BCUT2D eigenvalue weighted by molar-refractivity contribution is 7.89. The standard InChI is InChI=1S/C28H25F4N5O6S/c1-16(2)35-44(41,42)24-14-22(37(39)40)11-12-23(24)43-27-17(3)25(34-36(27)21-9-7-20(29)8-10-21)26(38)33-15-18-5-4-6-19(13-18)28(30,31)32/h4-14,16,35H,15H2,1-3H3,(H,33,38). The van der Waals surface area contributed by atoms with Crippen LogP contribution in [-0.4, -0.2) is 35.1 Å². The highest BCUT2D eigenvalue weighted by Gasteiger charge is 2.31. The molecule has 44 heavy (non-hydrogen) atoms. The number of nitrogens with zero attached hydrogens (tertiary/aromatic N) is 3. The molecule has 0 spiro atoms. The average molecular weight is 636 g/mol. The van der Waals surface area contributed by atoms with E-state index in [-0.39, 0.29) is 40.7 Å². The number of nitro benzene ring substituents is 1. The lowest BCUT2D eigenvalue weighted by Crippen LogP contribution is -2.30. The minimum Gasteiger partial charge on any atom is -0.437 e. The smallest absolute Gasteiger partial charge is 0.416 e. The number of nitro groups is 1. The van der Waals surface area contributed by atoms with Gasteiger partial charge in [0.2, 0.25) is 15.9 Å². The summed E-state index contributed by atoms with van der Waals surface area (Å²) >= 11 is 0. The topological polar surface area (TPSA) is 145 Å². The van der Waals surface area contributed by atoms with Crippen molar-refractivity contribution in [2.24, 2.45) is 0 Å². The molecule has 0 aliphatic carbocycles. The SMILES string of the molecule is Cc1c(C(=O)NCc2cccc(C(F)(F)F)c2)nn(-c2ccc(F)cc2)c1Oc1ccc([N+](=O)[O-])cc1S(=O)(=O)NC(C)C. The molecule has 1 amide bonds. The van der Waals surface area contributed by atoms with Gasteiger partial charge in [-0.2, -0.15) is 23.0 Å². The average Bonchev–Trinajstić information content (AvgIpc) is 3.26. The Labute approximate surface area is 248 Å². The number of rotatable bonds is 10. The van der Waals surface area contributed by atoms with Crippen molar-refractivity contribution < 1.29 is 40.4 Å². The van der Waals surface area contributed by atoms with Gasteiger partial charge in [-0.1, -0.05) is 12.1 Å². The van der Waals surface area contributed by atoms with E-state index in [1.165, 1.54) is 31.2 Å². The van der Waals surface area contributed by atoms with Crippen molar-refractivity contribution in [2.75, 3.05) is 0 Å². The van der Waals surface area contributed by atoms with Crippen LogP contribution in [-0.2, 0) is 22.7 Å². The molecule has 0 saturated carbocycles. The lowest BCUT2D eigenvalue weighted by atomic mass is 10.1. The number of hydrogen-bond donors (Lipinski definition) is 2. The second-order valence-electron chi connectivity index (χ2n) is 9.81. The van der Waals surface area contributed by atoms with E-state index in [2.05, 4.69) is 15.1 Å². The zero-order chi connectivity index (χ0) is 32.4. The molecule has 0 aliphatic heterocycles. The van der Waals surface area contributed by atoms with Crippen LogP contribution in [0.4, 0.5) is 23.2 Å². The number of non-ortho nitro benzene ring substituents is 1. The van der Waals surface area contributed by atoms with Crippen LogP contribution in [0.15, 0.2) is 71.6 Å². The molecule has 3 aromatic carbocycles. The second kappa shape index (κ2) is 12.4. The molecule has 2 N–H and O–H groups in total. The summed E-state index contributed by atoms with van der Waals surface area (Å²) in [7, 11) is -4.34. The first kappa shape index (κ1) is 32.1. The molecule has 1 aromatic heterocycles. The van der Waals surface area contributed by atoms with Gasteiger partial charge in [0.15, 0.2) is 5.69 Å². The molecular formula is C28H25F4N5O6S. The number of aromatic nitrogens is 2. The van der Waals surface area contributed by atoms with Crippen LogP contribution in [0.5, 0.6) is 11.6 Å². The third kappa shape index (κ3) is 7.20. The Hall–Kier alpha value is -4.83. The van der Waals surface area contributed by atoms with Gasteiger partial charge in [0.1, 0.15) is 16.5 Å². The first-order valence-corrected chi connectivity index (χ1v) is 14.3. The normalized spacial score (nSPS) is 11.9. The van der Waals surface area contributed by atoms with Gasteiger partial charge in [-0.15, -0.1) is 0 Å². The number of halogens is 4. The number of carbonyl (C=O) groups is 1. The fraction of sp³-hybridized carbons (Fsp3) is 0.214. The molecule has 0 bridgehead atoms. The molecule has 4 aromatic rings. The van der Waals surface area contributed by atoms with Gasteiger partial charge in [0.05, 0.1) is 16.2 Å². The molecule has 0 unspecified atom stereocenters. The second-order valence-corrected chi connectivity index (χ2v) is 11.5. The van der Waals surface area contributed by atoms with E-state index >= 15 is 0 Å². The molecule has 232 valence electrons. The van der Waals surface area contributed by atoms with Crippen LogP contribution in [0.3, 0.4) is 0 Å². The minimum atomic E-state index is -4.58. The molecule has 0 radical (unpaired) electrons. The van der Waals surface area contributed by atoms with Gasteiger partial charge >= 0.3 is 6.18 Å². The van der Waals surface area contributed by atoms with Crippen LogP contribution in [0.2, 0.25) is 0 Å². The fourth-order valence-electron chi connectivity index (χ4n) is 4.08. The number of alkyl halides is 3. The van der Waals surface area contributed by atoms with Crippen molar-refractivity contribution in [3.05, 3.63) is 105 Å². The van der Waals surface area contributed by atoms with Crippen molar-refractivity contribution in [3.63, 3.8) is 0 Å². The largest absolute Gasteiger partial charge is 0.437 e. The number of benzene rings is 3. The highest BCUT2D eigenvalue weighted by atomic mass is 32.2. The van der Waals surface area contributed by atoms with Gasteiger partial charge < -0.3 is 10.1 Å². The Bertz CT molecular complexity index is 1820. The molecular weight excluding hydrogens is 610 g/mol. The van der Waals surface area contributed by atoms with E-state index in [1.54, 1.807) is 13.8 Å². The predicted molar refractivity (Wildman–Crippen MR) is 150 cm³/mol. The molecule has 4 rings (SSSR count). The molecule has 0 atom stereocenters. The van der Waals surface area contributed by atoms with Gasteiger partial charge in [-0.25, -0.2) is 17.5 Å². The van der Waals surface area contributed by atoms with E-state index < -0.39 is 55.0 Å². The van der Waals surface area contributed by atoms with Crippen LogP contribution >= 0.6 is 0 Å². The van der Waals surface area contributed by atoms with Crippen LogP contribution in [0.1, 0.15) is 41.0 Å². The summed E-state index contributed by atoms with van der Waals surface area (Å²) in [6, 6.07) is 11.6. The van der Waals surface area contributed by atoms with Crippen molar-refractivity contribution in [3.8, 4) is 17.3 Å². The van der Waals surface area contributed by atoms with E-state index in [9.17, 15) is 40.9 Å². The van der Waals surface area contributed by atoms with Gasteiger partial charge in [0.25, 0.3) is 11.6 Å². The van der Waals surface area contributed by atoms with Crippen LogP contribution < -0.4 is 14.8 Å². The number of sulfonamides is 1. The summed E-state index contributed by atoms with van der Waals surface area (Å²) in [6.07, 6.45) is -4.58. The molecule has 0 fully saturated rings. The Balaban J connectivity index is 1.77. The van der Waals surface area contributed by atoms with Crippen molar-refractivity contribution >= 4 is 21.6 Å². The summed E-state index contributed by atoms with van der Waals surface area (Å²) in [6.45, 7) is 4.24. The fourth-order valence-corrected chi connectivity index (χ4v) is 5.48. The first-order valence-electron chi connectivity index (χ1n) is 12.9. The van der Waals surface area contributed by atoms with Gasteiger partial charge in [-0.3, -0.25) is 14.9 Å². The minimum absolute atomic E-state index is 0.0781. The number of carbonyl (C=O) groups excluding carboxylic acids is 1. The number of nitrogens with one attached hydrogen (secondary N) is 2. The summed E-state index contributed by atoms with van der Waals surface area (Å²) in [5.74, 6) is -1.91. The van der Waals surface area contributed by atoms with Crippen molar-refractivity contribution in [2.45, 2.75) is 44.4 Å². The lowest BCUT2D eigenvalue weighted by molar-refractivity contribution is -0.385. The van der Waals surface area contributed by atoms with Crippen molar-refractivity contribution in [1.82, 2.24) is 19.8 Å². The Morgan fingerprint density at radius 1 is 1.09 bits per heavy atom. The van der Waals surface area contributed by atoms with Gasteiger partial charge in [0, 0.05) is 30.3 Å². The van der Waals surface area contributed by atoms with Crippen molar-refractivity contribution in [1.29, 1.82) is 0 Å². The third-order valence-electron chi connectivity index (χ3n) is 6.09. The summed E-state index contributed by atoms with van der Waals surface area (Å²) in [5.41, 5.74) is -1.21. The molecule has 0 saturated heterocycles. The highest BCUT2D eigenvalue weighted by Crippen LogP contribution is 2.36. The van der Waals surface area contributed by atoms with E-state index in [0.717, 1.165) is 47.1 Å². The lowest BCUT2D eigenvalue weighted by Gasteiger charge is -2.15. The predicted octanol–water partition coefficient (Wildman–Crippen LogP) is 5.66. The summed E-state index contributed by atoms with van der Waals surface area (Å²) in [4.78, 5) is 23.2. The molecule has 11 nitrogen and oxygen atoms in total.